The number of carbonyl (C=O) groups is 3. The van der Waals surface area contributed by atoms with Gasteiger partial charge in [0.05, 0.1) is 30.0 Å². The molecule has 0 aliphatic carbocycles. The second-order valence-corrected chi connectivity index (χ2v) is 11.0. The second-order valence-electron chi connectivity index (χ2n) is 9.35. The van der Waals surface area contributed by atoms with Crippen molar-refractivity contribution in [2.45, 2.75) is 32.9 Å². The zero-order valence-electron chi connectivity index (χ0n) is 22.0. The lowest BCUT2D eigenvalue weighted by atomic mass is 10.1. The maximum absolute atomic E-state index is 13.8. The number of piperazine rings is 1. The van der Waals surface area contributed by atoms with Crippen LogP contribution in [0, 0.1) is 6.92 Å². The highest BCUT2D eigenvalue weighted by molar-refractivity contribution is 8.26. The molecule has 0 spiro atoms. The van der Waals surface area contributed by atoms with E-state index in [1.165, 1.54) is 15.4 Å². The van der Waals surface area contributed by atoms with Crippen LogP contribution in [0.4, 0.5) is 5.82 Å². The summed E-state index contributed by atoms with van der Waals surface area (Å²) in [5.41, 5.74) is 2.12. The van der Waals surface area contributed by atoms with Crippen molar-refractivity contribution in [3.8, 4) is 0 Å². The van der Waals surface area contributed by atoms with Crippen molar-refractivity contribution in [1.29, 1.82) is 0 Å². The highest BCUT2D eigenvalue weighted by Crippen LogP contribution is 2.35. The lowest BCUT2D eigenvalue weighted by molar-refractivity contribution is -0.145. The van der Waals surface area contributed by atoms with E-state index in [9.17, 15) is 19.2 Å². The van der Waals surface area contributed by atoms with Gasteiger partial charge in [0.25, 0.3) is 11.5 Å². The summed E-state index contributed by atoms with van der Waals surface area (Å²) in [6.45, 7) is 4.77. The van der Waals surface area contributed by atoms with Gasteiger partial charge in [0, 0.05) is 19.3 Å². The molecular weight excluding hydrogens is 550 g/mol. The van der Waals surface area contributed by atoms with Gasteiger partial charge in [0.15, 0.2) is 0 Å². The monoisotopic (exact) mass is 577 g/mol. The van der Waals surface area contributed by atoms with Crippen molar-refractivity contribution < 1.29 is 19.1 Å². The molecule has 1 unspecified atom stereocenters. The van der Waals surface area contributed by atoms with Crippen molar-refractivity contribution in [3.63, 3.8) is 0 Å². The van der Waals surface area contributed by atoms with E-state index in [0.717, 1.165) is 22.9 Å². The number of thioether (sulfide) groups is 1. The molecule has 2 aliphatic heterocycles. The van der Waals surface area contributed by atoms with Crippen LogP contribution in [0.25, 0.3) is 11.7 Å². The third-order valence-corrected chi connectivity index (χ3v) is 8.01. The summed E-state index contributed by atoms with van der Waals surface area (Å²) in [6, 6.07) is 12.0. The summed E-state index contributed by atoms with van der Waals surface area (Å²) in [5.74, 6) is -1.02. The van der Waals surface area contributed by atoms with E-state index in [4.69, 9.17) is 21.9 Å². The van der Waals surface area contributed by atoms with Crippen LogP contribution in [-0.4, -0.2) is 62.1 Å². The molecule has 10 nitrogen and oxygen atoms in total. The minimum Gasteiger partial charge on any atom is -0.466 e. The second kappa shape index (κ2) is 11.6. The Bertz CT molecular complexity index is 1600. The van der Waals surface area contributed by atoms with E-state index in [0.29, 0.717) is 29.6 Å². The van der Waals surface area contributed by atoms with Gasteiger partial charge in [-0.2, -0.15) is 0 Å². The van der Waals surface area contributed by atoms with Gasteiger partial charge in [-0.05, 0) is 37.6 Å². The van der Waals surface area contributed by atoms with Crippen molar-refractivity contribution in [2.75, 3.05) is 24.6 Å². The number of ether oxygens (including phenoxy) is 1. The number of benzene rings is 1. The van der Waals surface area contributed by atoms with E-state index in [1.54, 1.807) is 36.2 Å². The molecule has 206 valence electrons. The molecular formula is C28H27N5O5S2. The number of nitrogens with zero attached hydrogens (tertiary/aromatic N) is 4. The first-order valence-electron chi connectivity index (χ1n) is 12.8. The van der Waals surface area contributed by atoms with Crippen LogP contribution in [0.1, 0.15) is 30.0 Å². The van der Waals surface area contributed by atoms with Crippen LogP contribution in [0.15, 0.2) is 58.4 Å². The average Bonchev–Trinajstić information content (AvgIpc) is 3.20. The molecule has 0 bridgehead atoms. The fourth-order valence-electron chi connectivity index (χ4n) is 4.63. The zero-order chi connectivity index (χ0) is 28.4. The fourth-order valence-corrected chi connectivity index (χ4v) is 5.87. The Hall–Kier alpha value is -4.03. The van der Waals surface area contributed by atoms with Crippen LogP contribution in [-0.2, 0) is 25.7 Å². The number of hydrogen-bond donors (Lipinski definition) is 1. The highest BCUT2D eigenvalue weighted by atomic mass is 32.2. The molecule has 1 aromatic carbocycles. The van der Waals surface area contributed by atoms with Gasteiger partial charge in [-0.15, -0.1) is 0 Å². The van der Waals surface area contributed by atoms with Gasteiger partial charge >= 0.3 is 5.97 Å². The Kier molecular flexibility index (Phi) is 7.99. The normalized spacial score (nSPS) is 18.5. The van der Waals surface area contributed by atoms with Crippen LogP contribution < -0.4 is 15.8 Å². The van der Waals surface area contributed by atoms with E-state index >= 15 is 0 Å². The predicted octanol–water partition coefficient (Wildman–Crippen LogP) is 2.66. The molecule has 5 rings (SSSR count). The van der Waals surface area contributed by atoms with E-state index < -0.39 is 17.6 Å². The standard InChI is InChI=1S/C28H27N5O5S2/c1-3-38-23(34)15-20-25(35)29-11-13-31(20)24-19(26(36)32-12-5-4-6-22(32)30-24)14-21-27(37)33(28(39)40-21)16-18-9-7-17(2)8-10-18/h4-10,12,14,20H,3,11,13,15-16H2,1-2H3,(H,29,35)/b21-14-. The summed E-state index contributed by atoms with van der Waals surface area (Å²) in [6.07, 6.45) is 2.87. The molecule has 12 heteroatoms. The first-order chi connectivity index (χ1) is 19.3. The molecule has 2 amide bonds. The van der Waals surface area contributed by atoms with Crippen LogP contribution in [0.2, 0.25) is 0 Å². The van der Waals surface area contributed by atoms with Crippen molar-refractivity contribution in [3.05, 3.63) is 80.6 Å². The number of hydrogen-bond acceptors (Lipinski definition) is 9. The molecule has 40 heavy (non-hydrogen) atoms. The van der Waals surface area contributed by atoms with Crippen LogP contribution >= 0.6 is 24.0 Å². The third kappa shape index (κ3) is 5.50. The van der Waals surface area contributed by atoms with E-state index in [2.05, 4.69) is 5.32 Å². The number of aromatic nitrogens is 2. The number of nitrogens with one attached hydrogen (secondary N) is 1. The zero-order valence-corrected chi connectivity index (χ0v) is 23.6. The Labute approximate surface area is 240 Å². The minimum absolute atomic E-state index is 0.128. The minimum atomic E-state index is -0.936. The molecule has 0 saturated carbocycles. The van der Waals surface area contributed by atoms with Gasteiger partial charge in [-0.3, -0.25) is 28.5 Å². The molecule has 2 aromatic heterocycles. The number of aryl methyl sites for hydroxylation is 1. The summed E-state index contributed by atoms with van der Waals surface area (Å²) in [5, 5.41) is 2.77. The van der Waals surface area contributed by atoms with Gasteiger partial charge in [-0.25, -0.2) is 4.98 Å². The largest absolute Gasteiger partial charge is 0.466 e. The fraction of sp³-hybridized carbons (Fsp3) is 0.286. The number of pyridine rings is 1. The van der Waals surface area contributed by atoms with Crippen LogP contribution in [0.5, 0.6) is 0 Å². The number of thiocarbonyl (C=S) groups is 1. The molecule has 1 atom stereocenters. The van der Waals surface area contributed by atoms with Gasteiger partial charge in [0.2, 0.25) is 5.91 Å². The average molecular weight is 578 g/mol. The topological polar surface area (TPSA) is 113 Å². The van der Waals surface area contributed by atoms with Gasteiger partial charge < -0.3 is 15.0 Å². The Morgan fingerprint density at radius 1 is 1.20 bits per heavy atom. The number of fused-ring (bicyclic) bond motifs is 1. The number of carbonyl (C=O) groups excluding carboxylic acids is 3. The SMILES string of the molecule is CCOC(=O)CC1C(=O)NCCN1c1nc2ccccn2c(=O)c1/C=C1\SC(=S)N(Cc2ccc(C)cc2)C1=O. The molecule has 4 heterocycles. The maximum Gasteiger partial charge on any atom is 0.308 e. The molecule has 0 radical (unpaired) electrons. The predicted molar refractivity (Wildman–Crippen MR) is 157 cm³/mol. The molecule has 2 saturated heterocycles. The summed E-state index contributed by atoms with van der Waals surface area (Å²) in [7, 11) is 0. The number of rotatable bonds is 7. The quantitative estimate of drug-likeness (QED) is 0.257. The lowest BCUT2D eigenvalue weighted by Gasteiger charge is -2.36. The van der Waals surface area contributed by atoms with Crippen LogP contribution in [0.3, 0.4) is 0 Å². The van der Waals surface area contributed by atoms with Gasteiger partial charge in [0.1, 0.15) is 21.8 Å². The number of amides is 2. The molecule has 1 N–H and O–H groups in total. The molecule has 2 aliphatic rings. The van der Waals surface area contributed by atoms with Crippen molar-refractivity contribution in [1.82, 2.24) is 19.6 Å². The Balaban J connectivity index is 1.57. The molecule has 3 aromatic rings. The number of anilines is 1. The summed E-state index contributed by atoms with van der Waals surface area (Å²) < 4.78 is 6.85. The highest BCUT2D eigenvalue weighted by Gasteiger charge is 2.36. The Morgan fingerprint density at radius 3 is 2.73 bits per heavy atom. The third-order valence-electron chi connectivity index (χ3n) is 6.63. The summed E-state index contributed by atoms with van der Waals surface area (Å²) >= 11 is 6.63. The van der Waals surface area contributed by atoms with Crippen molar-refractivity contribution in [2.24, 2.45) is 0 Å². The summed E-state index contributed by atoms with van der Waals surface area (Å²) in [4.78, 5) is 60.6. The van der Waals surface area contributed by atoms with Crippen molar-refractivity contribution >= 4 is 63.6 Å². The van der Waals surface area contributed by atoms with Gasteiger partial charge in [-0.1, -0.05) is 59.9 Å². The lowest BCUT2D eigenvalue weighted by Crippen LogP contribution is -2.57. The van der Waals surface area contributed by atoms with E-state index in [-0.39, 0.29) is 41.1 Å². The van der Waals surface area contributed by atoms with E-state index in [1.807, 2.05) is 31.2 Å². The molecule has 2 fully saturated rings. The number of esters is 1. The first kappa shape index (κ1) is 27.5. The maximum atomic E-state index is 13.8. The first-order valence-corrected chi connectivity index (χ1v) is 14.0. The smallest absolute Gasteiger partial charge is 0.308 e. The Morgan fingerprint density at radius 2 is 1.98 bits per heavy atom.